The Hall–Kier alpha value is -5.11. The van der Waals surface area contributed by atoms with Crippen molar-refractivity contribution in [2.24, 2.45) is 11.8 Å². The van der Waals surface area contributed by atoms with E-state index in [4.69, 9.17) is 18.9 Å². The van der Waals surface area contributed by atoms with Crippen LogP contribution < -0.4 is 10.1 Å². The molecule has 2 unspecified atom stereocenters. The Morgan fingerprint density at radius 2 is 1.45 bits per heavy atom. The zero-order valence-corrected chi connectivity index (χ0v) is 31.3. The fourth-order valence-electron chi connectivity index (χ4n) is 7.82. The van der Waals surface area contributed by atoms with Gasteiger partial charge in [0.2, 0.25) is 5.91 Å². The molecule has 0 radical (unpaired) electrons. The van der Waals surface area contributed by atoms with Gasteiger partial charge in [-0.25, -0.2) is 4.79 Å². The topological polar surface area (TPSA) is 100 Å². The molecule has 278 valence electrons. The van der Waals surface area contributed by atoms with Gasteiger partial charge in [0.15, 0.2) is 0 Å². The number of esters is 1. The molecule has 4 aromatic rings. The molecular formula is C45H51NO7. The number of carbonyl (C=O) groups excluding carboxylic acids is 3. The first-order valence-corrected chi connectivity index (χ1v) is 18.8. The van der Waals surface area contributed by atoms with Crippen LogP contribution in [0, 0.1) is 11.8 Å². The lowest BCUT2D eigenvalue weighted by Crippen LogP contribution is -2.40. The van der Waals surface area contributed by atoms with E-state index >= 15 is 0 Å². The Morgan fingerprint density at radius 3 is 2.09 bits per heavy atom. The second kappa shape index (κ2) is 17.1. The third-order valence-electron chi connectivity index (χ3n) is 10.5. The van der Waals surface area contributed by atoms with E-state index in [0.717, 1.165) is 77.1 Å². The van der Waals surface area contributed by atoms with Crippen molar-refractivity contribution in [3.05, 3.63) is 125 Å². The molecule has 8 nitrogen and oxygen atoms in total. The summed E-state index contributed by atoms with van der Waals surface area (Å²) in [5.41, 5.74) is 5.31. The van der Waals surface area contributed by atoms with Crippen molar-refractivity contribution in [1.82, 2.24) is 0 Å². The molecule has 0 bridgehead atoms. The van der Waals surface area contributed by atoms with Gasteiger partial charge < -0.3 is 24.3 Å². The van der Waals surface area contributed by atoms with Crippen LogP contribution in [0.15, 0.2) is 97.1 Å². The molecule has 8 heteroatoms. The molecule has 1 aliphatic carbocycles. The predicted octanol–water partition coefficient (Wildman–Crippen LogP) is 10.3. The molecule has 1 amide bonds. The highest BCUT2D eigenvalue weighted by Gasteiger charge is 2.39. The van der Waals surface area contributed by atoms with Crippen LogP contribution in [0.3, 0.4) is 0 Å². The zero-order valence-electron chi connectivity index (χ0n) is 31.3. The number of nitrogens with one attached hydrogen (secondary N) is 1. The predicted molar refractivity (Wildman–Crippen MR) is 205 cm³/mol. The van der Waals surface area contributed by atoms with Crippen molar-refractivity contribution < 1.29 is 33.3 Å². The van der Waals surface area contributed by atoms with Crippen molar-refractivity contribution in [1.29, 1.82) is 0 Å². The van der Waals surface area contributed by atoms with Gasteiger partial charge in [-0.2, -0.15) is 0 Å². The van der Waals surface area contributed by atoms with Gasteiger partial charge in [0.25, 0.3) is 0 Å². The minimum atomic E-state index is -0.796. The highest BCUT2D eigenvalue weighted by molar-refractivity contribution is 5.93. The molecule has 53 heavy (non-hydrogen) atoms. The van der Waals surface area contributed by atoms with Gasteiger partial charge in [0.05, 0.1) is 13.0 Å². The van der Waals surface area contributed by atoms with Crippen molar-refractivity contribution in [2.45, 2.75) is 96.2 Å². The fourth-order valence-corrected chi connectivity index (χ4v) is 7.82. The number of aryl methyl sites for hydroxylation is 1. The summed E-state index contributed by atoms with van der Waals surface area (Å²) in [7, 11) is 1.29. The Kier molecular flexibility index (Phi) is 12.2. The molecule has 0 aromatic heterocycles. The summed E-state index contributed by atoms with van der Waals surface area (Å²) in [5.74, 6) is 0.194. The van der Waals surface area contributed by atoms with E-state index in [9.17, 15) is 14.4 Å². The smallest absolute Gasteiger partial charge is 0.460 e. The van der Waals surface area contributed by atoms with Crippen LogP contribution in [-0.4, -0.2) is 31.2 Å². The summed E-state index contributed by atoms with van der Waals surface area (Å²) in [6.07, 6.45) is 4.54. The van der Waals surface area contributed by atoms with E-state index in [2.05, 4.69) is 38.2 Å². The van der Waals surface area contributed by atoms with Gasteiger partial charge in [-0.05, 0) is 71.9 Å². The normalized spacial score (nSPS) is 15.5. The summed E-state index contributed by atoms with van der Waals surface area (Å²) >= 11 is 0. The number of rotatable bonds is 12. The summed E-state index contributed by atoms with van der Waals surface area (Å²) < 4.78 is 22.9. The van der Waals surface area contributed by atoms with Crippen LogP contribution in [0.2, 0.25) is 0 Å². The Balaban J connectivity index is 1.24. The molecule has 0 saturated heterocycles. The van der Waals surface area contributed by atoms with E-state index in [0.29, 0.717) is 12.8 Å². The van der Waals surface area contributed by atoms with Crippen molar-refractivity contribution in [3.8, 4) is 11.5 Å². The number of methoxy groups -OCH3 is 1. The first kappa shape index (κ1) is 37.6. The number of benzene rings is 4. The molecule has 1 saturated carbocycles. The van der Waals surface area contributed by atoms with Crippen molar-refractivity contribution in [2.75, 3.05) is 12.4 Å². The molecule has 0 spiro atoms. The van der Waals surface area contributed by atoms with E-state index < -0.39 is 24.1 Å². The Labute approximate surface area is 313 Å². The maximum atomic E-state index is 14.0. The van der Waals surface area contributed by atoms with Gasteiger partial charge in [-0.3, -0.25) is 9.59 Å². The average Bonchev–Trinajstić information content (AvgIpc) is 3.16. The van der Waals surface area contributed by atoms with Gasteiger partial charge in [0.1, 0.15) is 24.2 Å². The van der Waals surface area contributed by atoms with E-state index in [1.165, 1.54) is 7.11 Å². The third kappa shape index (κ3) is 9.47. The number of para-hydroxylation sites is 2. The highest BCUT2D eigenvalue weighted by atomic mass is 16.7. The van der Waals surface area contributed by atoms with Gasteiger partial charge in [0, 0.05) is 29.2 Å². The SMILES string of the molecule is COC(=O)OC(C1CCCCC1)C(CCc1ccc(C(C)(C)C)c(NC(=O)CC2c3ccccc3Oc3ccccc32)c1)C(=O)OCc1ccccc1. The van der Waals surface area contributed by atoms with E-state index in [-0.39, 0.29) is 36.2 Å². The quantitative estimate of drug-likeness (QED) is 0.146. The van der Waals surface area contributed by atoms with Crippen LogP contribution >= 0.6 is 0 Å². The van der Waals surface area contributed by atoms with Crippen LogP contribution in [0.5, 0.6) is 11.5 Å². The zero-order chi connectivity index (χ0) is 37.4. The number of ether oxygens (including phenoxy) is 4. The number of amides is 1. The van der Waals surface area contributed by atoms with Crippen molar-refractivity contribution >= 4 is 23.7 Å². The summed E-state index contributed by atoms with van der Waals surface area (Å²) in [5, 5.41) is 3.27. The molecule has 2 aliphatic rings. The van der Waals surface area contributed by atoms with Crippen LogP contribution in [0.25, 0.3) is 0 Å². The van der Waals surface area contributed by atoms with Crippen LogP contribution in [-0.2, 0) is 42.2 Å². The molecule has 1 heterocycles. The van der Waals surface area contributed by atoms with Gasteiger partial charge in [-0.15, -0.1) is 0 Å². The van der Waals surface area contributed by atoms with E-state index in [1.54, 1.807) is 0 Å². The van der Waals surface area contributed by atoms with Gasteiger partial charge >= 0.3 is 12.1 Å². The lowest BCUT2D eigenvalue weighted by atomic mass is 9.78. The maximum Gasteiger partial charge on any atom is 0.508 e. The van der Waals surface area contributed by atoms with Crippen LogP contribution in [0.1, 0.15) is 99.5 Å². The van der Waals surface area contributed by atoms with E-state index in [1.807, 2.05) is 84.9 Å². The number of fused-ring (bicyclic) bond motifs is 2. The monoisotopic (exact) mass is 717 g/mol. The van der Waals surface area contributed by atoms with Gasteiger partial charge in [-0.1, -0.05) is 119 Å². The summed E-state index contributed by atoms with van der Waals surface area (Å²) in [4.78, 5) is 40.5. The number of hydrogen-bond donors (Lipinski definition) is 1. The largest absolute Gasteiger partial charge is 0.508 e. The number of hydrogen-bond acceptors (Lipinski definition) is 7. The molecule has 6 rings (SSSR count). The number of carbonyl (C=O) groups is 3. The lowest BCUT2D eigenvalue weighted by Gasteiger charge is -2.34. The summed E-state index contributed by atoms with van der Waals surface area (Å²) in [6.45, 7) is 6.51. The standard InChI is InChI=1S/C45H51NO7/c1-45(2,3)37-26-24-30(27-38(37)46-41(47)28-36-33-19-11-13-21-39(33)52-40-22-14-12-20-34(36)40)23-25-35(43(48)51-29-31-15-7-5-8-16-31)42(53-44(49)50-4)32-17-9-6-10-18-32/h5,7-8,11-16,19-22,24,26-27,32,35-36,42H,6,9-10,17-18,23,25,28-29H2,1-4H3,(H,46,47). The highest BCUT2D eigenvalue weighted by Crippen LogP contribution is 2.45. The molecule has 1 aliphatic heterocycles. The molecule has 1 N–H and O–H groups in total. The minimum absolute atomic E-state index is 0.0238. The lowest BCUT2D eigenvalue weighted by molar-refractivity contribution is -0.157. The second-order valence-corrected chi connectivity index (χ2v) is 15.3. The molecule has 1 fully saturated rings. The average molecular weight is 718 g/mol. The number of anilines is 1. The summed E-state index contributed by atoms with van der Waals surface area (Å²) in [6, 6.07) is 31.5. The molecule has 4 aromatic carbocycles. The first-order valence-electron chi connectivity index (χ1n) is 18.8. The third-order valence-corrected chi connectivity index (χ3v) is 10.5. The second-order valence-electron chi connectivity index (χ2n) is 15.3. The Bertz CT molecular complexity index is 1830. The Morgan fingerprint density at radius 1 is 0.811 bits per heavy atom. The maximum absolute atomic E-state index is 14.0. The minimum Gasteiger partial charge on any atom is -0.460 e. The molecule has 2 atom stereocenters. The first-order chi connectivity index (χ1) is 25.6. The van der Waals surface area contributed by atoms with Crippen LogP contribution in [0.4, 0.5) is 10.5 Å². The molecular weight excluding hydrogens is 666 g/mol. The van der Waals surface area contributed by atoms with Crippen molar-refractivity contribution in [3.63, 3.8) is 0 Å². The fraction of sp³-hybridized carbons (Fsp3) is 0.400.